The van der Waals surface area contributed by atoms with Crippen LogP contribution in [0.2, 0.25) is 5.02 Å². The Balaban J connectivity index is 2.65. The van der Waals surface area contributed by atoms with Crippen LogP contribution in [0.5, 0.6) is 5.75 Å². The highest BCUT2D eigenvalue weighted by molar-refractivity contribution is 6.32. The predicted octanol–water partition coefficient (Wildman–Crippen LogP) is 3.65. The Morgan fingerprint density at radius 2 is 2.19 bits per heavy atom. The SMILES string of the molecule is CCCC(C)COc1c(Cl)cccc1CO. The number of hydrogen-bond donors (Lipinski definition) is 1. The standard InChI is InChI=1S/C13H19ClO2/c1-3-5-10(2)9-16-13-11(8-15)6-4-7-12(13)14/h4,6-7,10,15H,3,5,8-9H2,1-2H3. The minimum Gasteiger partial charge on any atom is -0.491 e. The van der Waals surface area contributed by atoms with Crippen LogP contribution in [-0.2, 0) is 6.61 Å². The van der Waals surface area contributed by atoms with Gasteiger partial charge in [0.2, 0.25) is 0 Å². The molecule has 0 heterocycles. The predicted molar refractivity (Wildman–Crippen MR) is 66.9 cm³/mol. The van der Waals surface area contributed by atoms with Crippen LogP contribution in [0.4, 0.5) is 0 Å². The Morgan fingerprint density at radius 1 is 1.44 bits per heavy atom. The Morgan fingerprint density at radius 3 is 2.81 bits per heavy atom. The minimum atomic E-state index is -0.0436. The van der Waals surface area contributed by atoms with Gasteiger partial charge in [0.05, 0.1) is 18.2 Å². The summed E-state index contributed by atoms with van der Waals surface area (Å²) in [6, 6.07) is 5.42. The number of benzene rings is 1. The van der Waals surface area contributed by atoms with Gasteiger partial charge in [-0.2, -0.15) is 0 Å². The molecule has 0 fully saturated rings. The van der Waals surface area contributed by atoms with Crippen molar-refractivity contribution in [3.8, 4) is 5.75 Å². The molecule has 0 aliphatic rings. The zero-order chi connectivity index (χ0) is 12.0. The topological polar surface area (TPSA) is 29.5 Å². The van der Waals surface area contributed by atoms with E-state index in [1.165, 1.54) is 0 Å². The van der Waals surface area contributed by atoms with Crippen LogP contribution >= 0.6 is 11.6 Å². The fraction of sp³-hybridized carbons (Fsp3) is 0.538. The first-order valence-corrected chi connectivity index (χ1v) is 6.07. The van der Waals surface area contributed by atoms with E-state index < -0.39 is 0 Å². The van der Waals surface area contributed by atoms with E-state index in [-0.39, 0.29) is 6.61 Å². The van der Waals surface area contributed by atoms with Crippen molar-refractivity contribution in [2.45, 2.75) is 33.3 Å². The first kappa shape index (κ1) is 13.3. The van der Waals surface area contributed by atoms with Crippen LogP contribution in [0.15, 0.2) is 18.2 Å². The van der Waals surface area contributed by atoms with E-state index in [1.807, 2.05) is 12.1 Å². The van der Waals surface area contributed by atoms with Crippen LogP contribution in [-0.4, -0.2) is 11.7 Å². The van der Waals surface area contributed by atoms with Crippen LogP contribution in [0.3, 0.4) is 0 Å². The molecule has 1 atom stereocenters. The Labute approximate surface area is 102 Å². The molecule has 1 rings (SSSR count). The van der Waals surface area contributed by atoms with E-state index in [1.54, 1.807) is 6.07 Å². The van der Waals surface area contributed by atoms with E-state index in [4.69, 9.17) is 16.3 Å². The monoisotopic (exact) mass is 242 g/mol. The Hall–Kier alpha value is -0.730. The number of para-hydroxylation sites is 1. The molecule has 1 N–H and O–H groups in total. The van der Waals surface area contributed by atoms with Crippen LogP contribution in [0.1, 0.15) is 32.3 Å². The highest BCUT2D eigenvalue weighted by Gasteiger charge is 2.09. The van der Waals surface area contributed by atoms with Crippen LogP contribution in [0.25, 0.3) is 0 Å². The molecule has 0 bridgehead atoms. The lowest BCUT2D eigenvalue weighted by Crippen LogP contribution is -2.09. The summed E-state index contributed by atoms with van der Waals surface area (Å²) in [6.45, 7) is 4.91. The van der Waals surface area contributed by atoms with Gasteiger partial charge in [0, 0.05) is 5.56 Å². The second-order valence-corrected chi connectivity index (χ2v) is 4.50. The number of halogens is 1. The number of rotatable bonds is 6. The molecule has 0 radical (unpaired) electrons. The van der Waals surface area contributed by atoms with Gasteiger partial charge < -0.3 is 9.84 Å². The van der Waals surface area contributed by atoms with E-state index in [9.17, 15) is 5.11 Å². The third kappa shape index (κ3) is 3.69. The van der Waals surface area contributed by atoms with Crippen molar-refractivity contribution in [2.24, 2.45) is 5.92 Å². The maximum Gasteiger partial charge on any atom is 0.143 e. The second-order valence-electron chi connectivity index (χ2n) is 4.09. The normalized spacial score (nSPS) is 12.5. The molecule has 0 aliphatic heterocycles. The van der Waals surface area contributed by atoms with Crippen molar-refractivity contribution in [3.63, 3.8) is 0 Å². The average molecular weight is 243 g/mol. The number of hydrogen-bond acceptors (Lipinski definition) is 2. The van der Waals surface area contributed by atoms with Crippen LogP contribution < -0.4 is 4.74 Å². The molecule has 1 aromatic rings. The van der Waals surface area contributed by atoms with Gasteiger partial charge in [-0.25, -0.2) is 0 Å². The van der Waals surface area contributed by atoms with Gasteiger partial charge in [-0.3, -0.25) is 0 Å². The molecule has 1 unspecified atom stereocenters. The average Bonchev–Trinajstić information content (AvgIpc) is 2.27. The van der Waals surface area contributed by atoms with Crippen LogP contribution in [0, 0.1) is 5.92 Å². The molecule has 0 aliphatic carbocycles. The van der Waals surface area contributed by atoms with Gasteiger partial charge in [0.25, 0.3) is 0 Å². The van der Waals surface area contributed by atoms with Gasteiger partial charge in [0.1, 0.15) is 5.75 Å². The van der Waals surface area contributed by atoms with Gasteiger partial charge in [-0.15, -0.1) is 0 Å². The molecule has 2 nitrogen and oxygen atoms in total. The number of aliphatic hydroxyl groups is 1. The molecule has 90 valence electrons. The molecule has 0 spiro atoms. The van der Waals surface area contributed by atoms with Gasteiger partial charge in [-0.1, -0.05) is 44.0 Å². The third-order valence-corrected chi connectivity index (χ3v) is 2.81. The first-order valence-electron chi connectivity index (χ1n) is 5.70. The maximum absolute atomic E-state index is 9.17. The Kier molecular flexibility index (Phi) is 5.64. The second kappa shape index (κ2) is 6.77. The van der Waals surface area contributed by atoms with Gasteiger partial charge in [-0.05, 0) is 18.4 Å². The largest absolute Gasteiger partial charge is 0.491 e. The Bertz CT molecular complexity index is 326. The molecule has 0 amide bonds. The summed E-state index contributed by atoms with van der Waals surface area (Å²) in [7, 11) is 0. The first-order chi connectivity index (χ1) is 7.69. The van der Waals surface area contributed by atoms with Crippen molar-refractivity contribution < 1.29 is 9.84 Å². The number of ether oxygens (including phenoxy) is 1. The molecule has 3 heteroatoms. The van der Waals surface area contributed by atoms with E-state index in [0.29, 0.717) is 23.3 Å². The maximum atomic E-state index is 9.17. The fourth-order valence-corrected chi connectivity index (χ4v) is 1.89. The summed E-state index contributed by atoms with van der Waals surface area (Å²) < 4.78 is 5.68. The summed E-state index contributed by atoms with van der Waals surface area (Å²) in [5, 5.41) is 9.74. The zero-order valence-electron chi connectivity index (χ0n) is 9.87. The smallest absolute Gasteiger partial charge is 0.143 e. The quantitative estimate of drug-likeness (QED) is 0.825. The highest BCUT2D eigenvalue weighted by Crippen LogP contribution is 2.29. The molecule has 0 saturated carbocycles. The summed E-state index contributed by atoms with van der Waals surface area (Å²) in [5.41, 5.74) is 0.746. The van der Waals surface area contributed by atoms with Crippen molar-refractivity contribution in [1.29, 1.82) is 0 Å². The van der Waals surface area contributed by atoms with Crippen molar-refractivity contribution in [2.75, 3.05) is 6.61 Å². The van der Waals surface area contributed by atoms with E-state index >= 15 is 0 Å². The summed E-state index contributed by atoms with van der Waals surface area (Å²) in [6.07, 6.45) is 2.29. The highest BCUT2D eigenvalue weighted by atomic mass is 35.5. The molecule has 1 aromatic carbocycles. The summed E-state index contributed by atoms with van der Waals surface area (Å²) >= 11 is 6.03. The molecule has 0 saturated heterocycles. The third-order valence-electron chi connectivity index (χ3n) is 2.51. The fourth-order valence-electron chi connectivity index (χ4n) is 1.64. The minimum absolute atomic E-state index is 0.0436. The van der Waals surface area contributed by atoms with Crippen molar-refractivity contribution in [3.05, 3.63) is 28.8 Å². The lowest BCUT2D eigenvalue weighted by Gasteiger charge is -2.15. The lowest BCUT2D eigenvalue weighted by molar-refractivity contribution is 0.234. The molecular weight excluding hydrogens is 224 g/mol. The van der Waals surface area contributed by atoms with Gasteiger partial charge >= 0.3 is 0 Å². The lowest BCUT2D eigenvalue weighted by atomic mass is 10.1. The van der Waals surface area contributed by atoms with E-state index in [2.05, 4.69) is 13.8 Å². The van der Waals surface area contributed by atoms with Crippen molar-refractivity contribution in [1.82, 2.24) is 0 Å². The number of aliphatic hydroxyl groups excluding tert-OH is 1. The van der Waals surface area contributed by atoms with E-state index in [0.717, 1.165) is 18.4 Å². The zero-order valence-corrected chi connectivity index (χ0v) is 10.6. The summed E-state index contributed by atoms with van der Waals surface area (Å²) in [4.78, 5) is 0. The molecule has 0 aromatic heterocycles. The molecule has 16 heavy (non-hydrogen) atoms. The molecular formula is C13H19ClO2. The van der Waals surface area contributed by atoms with Gasteiger partial charge in [0.15, 0.2) is 0 Å². The van der Waals surface area contributed by atoms with Crippen molar-refractivity contribution >= 4 is 11.6 Å². The summed E-state index contributed by atoms with van der Waals surface area (Å²) in [5.74, 6) is 1.13.